The molecular formula is C27H34F2N4O5. The number of piperidine rings is 1. The second kappa shape index (κ2) is 11.9. The number of ether oxygens (including phenoxy) is 1. The third-order valence-electron chi connectivity index (χ3n) is 7.11. The molecule has 0 unspecified atom stereocenters. The van der Waals surface area contributed by atoms with Gasteiger partial charge in [-0.1, -0.05) is 6.42 Å². The van der Waals surface area contributed by atoms with Gasteiger partial charge in [0.2, 0.25) is 11.3 Å². The number of benzene rings is 1. The molecule has 38 heavy (non-hydrogen) atoms. The van der Waals surface area contributed by atoms with E-state index in [4.69, 9.17) is 10.5 Å². The van der Waals surface area contributed by atoms with Gasteiger partial charge < -0.3 is 30.4 Å². The van der Waals surface area contributed by atoms with Gasteiger partial charge in [0.15, 0.2) is 11.6 Å². The van der Waals surface area contributed by atoms with Crippen LogP contribution < -0.4 is 26.1 Å². The highest BCUT2D eigenvalue weighted by molar-refractivity contribution is 5.97. The fourth-order valence-electron chi connectivity index (χ4n) is 5.00. The lowest BCUT2D eigenvalue weighted by atomic mass is 10.0. The summed E-state index contributed by atoms with van der Waals surface area (Å²) >= 11 is 0. The van der Waals surface area contributed by atoms with Crippen molar-refractivity contribution in [3.8, 4) is 5.75 Å². The zero-order chi connectivity index (χ0) is 27.4. The zero-order valence-electron chi connectivity index (χ0n) is 21.5. The average Bonchev–Trinajstić information content (AvgIpc) is 3.75. The summed E-state index contributed by atoms with van der Waals surface area (Å²) in [6.45, 7) is 0.876. The fourth-order valence-corrected chi connectivity index (χ4v) is 5.00. The molecular weight excluding hydrogens is 498 g/mol. The molecule has 11 heteroatoms. The number of nitrogens with one attached hydrogen (secondary N) is 1. The molecule has 2 fully saturated rings. The van der Waals surface area contributed by atoms with Gasteiger partial charge in [-0.25, -0.2) is 13.6 Å². The Balaban J connectivity index is 1.63. The van der Waals surface area contributed by atoms with Crippen LogP contribution in [0.1, 0.15) is 67.8 Å². The molecule has 2 heterocycles. The van der Waals surface area contributed by atoms with Crippen molar-refractivity contribution in [1.29, 1.82) is 0 Å². The molecule has 4 rings (SSSR count). The molecule has 1 amide bonds. The molecule has 2 aromatic rings. The number of unbranched alkanes of at least 4 members (excludes halogenated alkanes) is 2. The standard InChI is InChI=1S/C27H34F2N4O5/c1-38-26-23-18(25(35)19(27(36)37)15-33(23)17-8-9-17)12-20(28)24(26)32-11-5-6-16(14-32)21(29)13-31-22(34)7-3-2-4-10-30/h12,15,17H,2-11,13-14,30H2,1H3,(H,31,34)(H,36,37)/b21-16+. The van der Waals surface area contributed by atoms with Crippen molar-refractivity contribution < 1.29 is 28.2 Å². The Morgan fingerprint density at radius 2 is 2.03 bits per heavy atom. The minimum absolute atomic E-state index is 0.0171. The highest BCUT2D eigenvalue weighted by Gasteiger charge is 2.32. The molecule has 1 saturated heterocycles. The topological polar surface area (TPSA) is 127 Å². The van der Waals surface area contributed by atoms with Crippen molar-refractivity contribution >= 4 is 28.5 Å². The lowest BCUT2D eigenvalue weighted by Gasteiger charge is -2.33. The molecule has 206 valence electrons. The van der Waals surface area contributed by atoms with Crippen LogP contribution in [0.25, 0.3) is 10.9 Å². The number of carbonyl (C=O) groups excluding carboxylic acids is 1. The third-order valence-corrected chi connectivity index (χ3v) is 7.11. The first-order valence-electron chi connectivity index (χ1n) is 13.0. The Bertz CT molecular complexity index is 1320. The van der Waals surface area contributed by atoms with E-state index in [1.54, 1.807) is 9.47 Å². The molecule has 0 radical (unpaired) electrons. The number of carboxylic acid groups (broad SMARTS) is 1. The molecule has 1 saturated carbocycles. The molecule has 1 aromatic carbocycles. The Labute approximate surface area is 219 Å². The van der Waals surface area contributed by atoms with Crippen LogP contribution >= 0.6 is 0 Å². The van der Waals surface area contributed by atoms with Crippen molar-refractivity contribution in [2.75, 3.05) is 38.2 Å². The largest absolute Gasteiger partial charge is 0.492 e. The number of pyridine rings is 1. The second-order valence-corrected chi connectivity index (χ2v) is 9.86. The SMILES string of the molecule is COc1c(N2CCC/C(=C(\F)CNC(=O)CCCCCN)C2)c(F)cc2c(=O)c(C(=O)O)cn(C3CC3)c12. The van der Waals surface area contributed by atoms with Crippen LogP contribution in [-0.4, -0.2) is 54.8 Å². The van der Waals surface area contributed by atoms with Crippen molar-refractivity contribution in [1.82, 2.24) is 9.88 Å². The number of fused-ring (bicyclic) bond motifs is 1. The second-order valence-electron chi connectivity index (χ2n) is 9.86. The lowest BCUT2D eigenvalue weighted by molar-refractivity contribution is -0.121. The number of halogens is 2. The van der Waals surface area contributed by atoms with E-state index in [1.165, 1.54) is 13.3 Å². The zero-order valence-corrected chi connectivity index (χ0v) is 21.5. The van der Waals surface area contributed by atoms with Gasteiger partial charge in [-0.3, -0.25) is 9.59 Å². The van der Waals surface area contributed by atoms with E-state index < -0.39 is 28.6 Å². The van der Waals surface area contributed by atoms with E-state index in [9.17, 15) is 19.5 Å². The van der Waals surface area contributed by atoms with Crippen molar-refractivity contribution in [3.05, 3.63) is 45.3 Å². The van der Waals surface area contributed by atoms with Crippen molar-refractivity contribution in [2.24, 2.45) is 5.73 Å². The molecule has 0 bridgehead atoms. The number of amides is 1. The molecule has 4 N–H and O–H groups in total. The number of anilines is 1. The van der Waals surface area contributed by atoms with Crippen LogP contribution in [0.4, 0.5) is 14.5 Å². The predicted molar refractivity (Wildman–Crippen MR) is 140 cm³/mol. The molecule has 9 nitrogen and oxygen atoms in total. The van der Waals surface area contributed by atoms with Gasteiger partial charge in [-0.15, -0.1) is 0 Å². The fraction of sp³-hybridized carbons (Fsp3) is 0.519. The number of hydrogen-bond acceptors (Lipinski definition) is 6. The monoisotopic (exact) mass is 532 g/mol. The molecule has 1 aromatic heterocycles. The smallest absolute Gasteiger partial charge is 0.341 e. The number of carbonyl (C=O) groups is 2. The minimum atomic E-state index is -1.38. The van der Waals surface area contributed by atoms with E-state index >= 15 is 8.78 Å². The summed E-state index contributed by atoms with van der Waals surface area (Å²) in [5.41, 5.74) is 5.14. The maximum absolute atomic E-state index is 15.6. The van der Waals surface area contributed by atoms with E-state index in [-0.39, 0.29) is 41.9 Å². The highest BCUT2D eigenvalue weighted by atomic mass is 19.1. The van der Waals surface area contributed by atoms with Gasteiger partial charge in [0, 0.05) is 31.7 Å². The van der Waals surface area contributed by atoms with Crippen LogP contribution in [-0.2, 0) is 4.79 Å². The van der Waals surface area contributed by atoms with Crippen molar-refractivity contribution in [3.63, 3.8) is 0 Å². The normalized spacial score (nSPS) is 17.0. The quantitative estimate of drug-likeness (QED) is 0.377. The number of nitrogens with two attached hydrogens (primary N) is 1. The Hall–Kier alpha value is -3.47. The number of methoxy groups -OCH3 is 1. The number of hydrogen-bond donors (Lipinski definition) is 3. The average molecular weight is 533 g/mol. The molecule has 0 atom stereocenters. The van der Waals surface area contributed by atoms with Gasteiger partial charge in [-0.05, 0) is 56.7 Å². The molecule has 2 aliphatic rings. The summed E-state index contributed by atoms with van der Waals surface area (Å²) in [7, 11) is 1.37. The van der Waals surface area contributed by atoms with E-state index in [0.717, 1.165) is 31.7 Å². The molecule has 0 spiro atoms. The molecule has 1 aliphatic heterocycles. The lowest BCUT2D eigenvalue weighted by Crippen LogP contribution is -2.34. The van der Waals surface area contributed by atoms with Gasteiger partial charge in [0.25, 0.3) is 0 Å². The first-order valence-corrected chi connectivity index (χ1v) is 13.0. The summed E-state index contributed by atoms with van der Waals surface area (Å²) in [5.74, 6) is -2.69. The van der Waals surface area contributed by atoms with E-state index in [2.05, 4.69) is 5.32 Å². The van der Waals surface area contributed by atoms with Crippen LogP contribution in [0.2, 0.25) is 0 Å². The summed E-state index contributed by atoms with van der Waals surface area (Å²) in [6.07, 6.45) is 6.61. The van der Waals surface area contributed by atoms with Crippen LogP contribution in [0, 0.1) is 5.82 Å². The van der Waals surface area contributed by atoms with Gasteiger partial charge in [-0.2, -0.15) is 0 Å². The first kappa shape index (κ1) is 27.6. The summed E-state index contributed by atoms with van der Waals surface area (Å²) in [5, 5.41) is 12.1. The maximum Gasteiger partial charge on any atom is 0.341 e. The van der Waals surface area contributed by atoms with Crippen LogP contribution in [0.3, 0.4) is 0 Å². The number of carboxylic acids is 1. The number of nitrogens with zero attached hydrogens (tertiary/aromatic N) is 2. The molecule has 1 aliphatic carbocycles. The maximum atomic E-state index is 15.6. The Morgan fingerprint density at radius 1 is 1.26 bits per heavy atom. The highest BCUT2D eigenvalue weighted by Crippen LogP contribution is 2.44. The predicted octanol–water partition coefficient (Wildman–Crippen LogP) is 3.64. The number of rotatable bonds is 11. The van der Waals surface area contributed by atoms with E-state index in [1.807, 2.05) is 0 Å². The van der Waals surface area contributed by atoms with Crippen LogP contribution in [0.15, 0.2) is 28.5 Å². The summed E-state index contributed by atoms with van der Waals surface area (Å²) in [6, 6.07) is 1.04. The number of aromatic carboxylic acids is 1. The Morgan fingerprint density at radius 3 is 2.68 bits per heavy atom. The van der Waals surface area contributed by atoms with Crippen LogP contribution in [0.5, 0.6) is 5.75 Å². The Kier molecular flexibility index (Phi) is 8.65. The van der Waals surface area contributed by atoms with E-state index in [0.29, 0.717) is 49.9 Å². The van der Waals surface area contributed by atoms with Gasteiger partial charge in [0.1, 0.15) is 17.1 Å². The van der Waals surface area contributed by atoms with Gasteiger partial charge in [0.05, 0.1) is 24.6 Å². The number of aromatic nitrogens is 1. The summed E-state index contributed by atoms with van der Waals surface area (Å²) in [4.78, 5) is 38.3. The third kappa shape index (κ3) is 5.82. The minimum Gasteiger partial charge on any atom is -0.492 e. The van der Waals surface area contributed by atoms with Gasteiger partial charge >= 0.3 is 5.97 Å². The first-order chi connectivity index (χ1) is 18.3. The summed E-state index contributed by atoms with van der Waals surface area (Å²) < 4.78 is 38.0. The van der Waals surface area contributed by atoms with Crippen molar-refractivity contribution in [2.45, 2.75) is 57.4 Å².